The van der Waals surface area contributed by atoms with E-state index in [9.17, 15) is 9.59 Å². The number of carbonyl (C=O) groups excluding carboxylic acids is 2. The predicted octanol–water partition coefficient (Wildman–Crippen LogP) is 2.89. The molecule has 6 heteroatoms. The van der Waals surface area contributed by atoms with Crippen LogP contribution in [0.4, 0.5) is 5.69 Å². The van der Waals surface area contributed by atoms with Crippen molar-refractivity contribution in [3.05, 3.63) is 53.6 Å². The van der Waals surface area contributed by atoms with Gasteiger partial charge in [-0.3, -0.25) is 4.79 Å². The normalized spacial score (nSPS) is 12.9. The van der Waals surface area contributed by atoms with Crippen LogP contribution in [-0.4, -0.2) is 32.2 Å². The minimum Gasteiger partial charge on any atom is -0.490 e. The maximum atomic E-state index is 12.5. The average Bonchev–Trinajstić information content (AvgIpc) is 2.86. The Morgan fingerprint density at radius 2 is 1.79 bits per heavy atom. The van der Waals surface area contributed by atoms with Gasteiger partial charge in [-0.2, -0.15) is 0 Å². The Bertz CT molecular complexity index is 772. The number of carbonyl (C=O) groups is 2. The quantitative estimate of drug-likeness (QED) is 0.878. The number of para-hydroxylation sites is 1. The van der Waals surface area contributed by atoms with Crippen LogP contribution in [0.25, 0.3) is 0 Å². The Morgan fingerprint density at radius 3 is 2.58 bits per heavy atom. The lowest BCUT2D eigenvalue weighted by atomic mass is 10.1. The molecule has 0 spiro atoms. The third kappa shape index (κ3) is 3.32. The highest BCUT2D eigenvalue weighted by Gasteiger charge is 2.17. The highest BCUT2D eigenvalue weighted by Crippen LogP contribution is 2.30. The van der Waals surface area contributed by atoms with E-state index in [4.69, 9.17) is 14.2 Å². The number of amides is 1. The lowest BCUT2D eigenvalue weighted by Gasteiger charge is -2.11. The Balaban J connectivity index is 1.83. The highest BCUT2D eigenvalue weighted by molar-refractivity contribution is 6.08. The molecule has 1 heterocycles. The van der Waals surface area contributed by atoms with Crippen molar-refractivity contribution in [3.8, 4) is 11.5 Å². The first kappa shape index (κ1) is 15.9. The first-order chi connectivity index (χ1) is 11.7. The van der Waals surface area contributed by atoms with Gasteiger partial charge < -0.3 is 19.5 Å². The van der Waals surface area contributed by atoms with Crippen LogP contribution in [0.15, 0.2) is 42.5 Å². The van der Waals surface area contributed by atoms with Gasteiger partial charge in [-0.05, 0) is 30.3 Å². The number of esters is 1. The third-order valence-corrected chi connectivity index (χ3v) is 3.59. The fourth-order valence-corrected chi connectivity index (χ4v) is 2.38. The van der Waals surface area contributed by atoms with Crippen molar-refractivity contribution >= 4 is 17.6 Å². The van der Waals surface area contributed by atoms with Crippen LogP contribution in [-0.2, 0) is 4.74 Å². The Labute approximate surface area is 139 Å². The molecule has 2 aromatic carbocycles. The number of ether oxygens (including phenoxy) is 3. The minimum atomic E-state index is -0.510. The number of methoxy groups -OCH3 is 1. The number of hydrogen-bond donors (Lipinski definition) is 1. The molecule has 0 fully saturated rings. The molecule has 1 aliphatic rings. The zero-order valence-electron chi connectivity index (χ0n) is 13.2. The van der Waals surface area contributed by atoms with Crippen LogP contribution < -0.4 is 14.8 Å². The van der Waals surface area contributed by atoms with Crippen molar-refractivity contribution in [2.24, 2.45) is 0 Å². The molecule has 0 bridgehead atoms. The van der Waals surface area contributed by atoms with E-state index in [1.165, 1.54) is 7.11 Å². The van der Waals surface area contributed by atoms with E-state index in [0.29, 0.717) is 41.5 Å². The molecule has 2 aromatic rings. The molecule has 3 rings (SSSR count). The second-order valence-electron chi connectivity index (χ2n) is 5.20. The molecule has 1 aliphatic heterocycles. The van der Waals surface area contributed by atoms with E-state index in [2.05, 4.69) is 5.32 Å². The zero-order valence-corrected chi connectivity index (χ0v) is 13.2. The van der Waals surface area contributed by atoms with Gasteiger partial charge in [0, 0.05) is 12.0 Å². The van der Waals surface area contributed by atoms with Crippen molar-refractivity contribution in [1.82, 2.24) is 0 Å². The van der Waals surface area contributed by atoms with Crippen LogP contribution in [0, 0.1) is 0 Å². The molecule has 0 radical (unpaired) electrons. The van der Waals surface area contributed by atoms with Gasteiger partial charge in [-0.1, -0.05) is 12.1 Å². The molecule has 124 valence electrons. The van der Waals surface area contributed by atoms with Crippen molar-refractivity contribution in [1.29, 1.82) is 0 Å². The summed E-state index contributed by atoms with van der Waals surface area (Å²) in [5, 5.41) is 2.73. The van der Waals surface area contributed by atoms with E-state index in [1.807, 2.05) is 0 Å². The van der Waals surface area contributed by atoms with E-state index in [1.54, 1.807) is 42.5 Å². The van der Waals surface area contributed by atoms with E-state index < -0.39 is 5.97 Å². The van der Waals surface area contributed by atoms with Crippen molar-refractivity contribution < 1.29 is 23.8 Å². The smallest absolute Gasteiger partial charge is 0.339 e. The SMILES string of the molecule is COC(=O)c1ccccc1NC(=O)c1ccc2c(c1)OCCCO2. The molecule has 1 N–H and O–H groups in total. The Morgan fingerprint density at radius 1 is 1.04 bits per heavy atom. The lowest BCUT2D eigenvalue weighted by molar-refractivity contribution is 0.0602. The van der Waals surface area contributed by atoms with Gasteiger partial charge in [0.2, 0.25) is 0 Å². The summed E-state index contributed by atoms with van der Waals surface area (Å²) < 4.78 is 15.9. The molecular formula is C18H17NO5. The minimum absolute atomic E-state index is 0.294. The summed E-state index contributed by atoms with van der Waals surface area (Å²) in [7, 11) is 1.30. The number of rotatable bonds is 3. The second kappa shape index (κ2) is 7.04. The standard InChI is InChI=1S/C18H17NO5/c1-22-18(21)13-5-2-3-6-14(13)19-17(20)12-7-8-15-16(11-12)24-10-4-9-23-15/h2-3,5-8,11H,4,9-10H2,1H3,(H,19,20). The molecule has 0 saturated heterocycles. The van der Waals surface area contributed by atoms with Gasteiger partial charge in [0.25, 0.3) is 5.91 Å². The molecule has 0 saturated carbocycles. The summed E-state index contributed by atoms with van der Waals surface area (Å²) in [5.74, 6) is 0.312. The van der Waals surface area contributed by atoms with Gasteiger partial charge in [0.05, 0.1) is 31.6 Å². The van der Waals surface area contributed by atoms with E-state index >= 15 is 0 Å². The van der Waals surface area contributed by atoms with E-state index in [0.717, 1.165) is 6.42 Å². The van der Waals surface area contributed by atoms with Gasteiger partial charge in [-0.25, -0.2) is 4.79 Å². The van der Waals surface area contributed by atoms with Crippen LogP contribution in [0.3, 0.4) is 0 Å². The van der Waals surface area contributed by atoms with Crippen molar-refractivity contribution in [3.63, 3.8) is 0 Å². The molecule has 6 nitrogen and oxygen atoms in total. The van der Waals surface area contributed by atoms with Gasteiger partial charge in [-0.15, -0.1) is 0 Å². The molecule has 24 heavy (non-hydrogen) atoms. The molecule has 1 amide bonds. The van der Waals surface area contributed by atoms with Gasteiger partial charge >= 0.3 is 5.97 Å². The summed E-state index contributed by atoms with van der Waals surface area (Å²) in [6, 6.07) is 11.7. The predicted molar refractivity (Wildman–Crippen MR) is 87.8 cm³/mol. The topological polar surface area (TPSA) is 73.9 Å². The number of benzene rings is 2. The molecule has 0 atom stereocenters. The monoisotopic (exact) mass is 327 g/mol. The summed E-state index contributed by atoms with van der Waals surface area (Å²) in [5.41, 5.74) is 1.10. The van der Waals surface area contributed by atoms with Crippen LogP contribution in [0.5, 0.6) is 11.5 Å². The van der Waals surface area contributed by atoms with Crippen LogP contribution in [0.2, 0.25) is 0 Å². The number of anilines is 1. The zero-order chi connectivity index (χ0) is 16.9. The van der Waals surface area contributed by atoms with Crippen LogP contribution in [0.1, 0.15) is 27.1 Å². The third-order valence-electron chi connectivity index (χ3n) is 3.59. The largest absolute Gasteiger partial charge is 0.490 e. The molecule has 0 unspecified atom stereocenters. The fraction of sp³-hybridized carbons (Fsp3) is 0.222. The van der Waals surface area contributed by atoms with Crippen molar-refractivity contribution in [2.75, 3.05) is 25.6 Å². The highest BCUT2D eigenvalue weighted by atomic mass is 16.5. The first-order valence-electron chi connectivity index (χ1n) is 7.57. The van der Waals surface area contributed by atoms with Crippen LogP contribution >= 0.6 is 0 Å². The van der Waals surface area contributed by atoms with Crippen molar-refractivity contribution in [2.45, 2.75) is 6.42 Å². The van der Waals surface area contributed by atoms with Gasteiger partial charge in [0.1, 0.15) is 0 Å². The molecule has 0 aliphatic carbocycles. The Hall–Kier alpha value is -3.02. The lowest BCUT2D eigenvalue weighted by Crippen LogP contribution is -2.15. The fourth-order valence-electron chi connectivity index (χ4n) is 2.38. The van der Waals surface area contributed by atoms with E-state index in [-0.39, 0.29) is 5.91 Å². The Kier molecular flexibility index (Phi) is 4.65. The summed E-state index contributed by atoms with van der Waals surface area (Å²) in [6.07, 6.45) is 0.794. The maximum absolute atomic E-state index is 12.5. The summed E-state index contributed by atoms with van der Waals surface area (Å²) in [4.78, 5) is 24.3. The number of nitrogens with one attached hydrogen (secondary N) is 1. The second-order valence-corrected chi connectivity index (χ2v) is 5.20. The number of fused-ring (bicyclic) bond motifs is 1. The number of hydrogen-bond acceptors (Lipinski definition) is 5. The summed E-state index contributed by atoms with van der Waals surface area (Å²) >= 11 is 0. The molecular weight excluding hydrogens is 310 g/mol. The van der Waals surface area contributed by atoms with Gasteiger partial charge in [0.15, 0.2) is 11.5 Å². The average molecular weight is 327 g/mol. The first-order valence-corrected chi connectivity index (χ1v) is 7.57. The summed E-state index contributed by atoms with van der Waals surface area (Å²) in [6.45, 7) is 1.13. The molecule has 0 aromatic heterocycles. The maximum Gasteiger partial charge on any atom is 0.339 e.